The molecule has 5 nitrogen and oxygen atoms in total. The van der Waals surface area contributed by atoms with Crippen molar-refractivity contribution in [3.8, 4) is 0 Å². The van der Waals surface area contributed by atoms with E-state index in [0.29, 0.717) is 6.61 Å². The first-order valence-corrected chi connectivity index (χ1v) is 5.25. The van der Waals surface area contributed by atoms with Crippen molar-refractivity contribution < 1.29 is 18.3 Å². The zero-order valence-corrected chi connectivity index (χ0v) is 10.1. The molecular formula is C11H15F2N3O2. The molecule has 1 rings (SSSR count). The van der Waals surface area contributed by atoms with Crippen molar-refractivity contribution in [2.45, 2.75) is 13.0 Å². The van der Waals surface area contributed by atoms with Crippen LogP contribution in [0.4, 0.5) is 14.5 Å². The fourth-order valence-corrected chi connectivity index (χ4v) is 1.44. The number of hydrogen-bond acceptors (Lipinski definition) is 4. The molecule has 7 heteroatoms. The predicted molar refractivity (Wildman–Crippen MR) is 63.0 cm³/mol. The van der Waals surface area contributed by atoms with Gasteiger partial charge in [-0.1, -0.05) is 0 Å². The summed E-state index contributed by atoms with van der Waals surface area (Å²) < 4.78 is 31.6. The number of halogens is 2. The van der Waals surface area contributed by atoms with Crippen LogP contribution in [0.2, 0.25) is 0 Å². The van der Waals surface area contributed by atoms with E-state index in [1.807, 2.05) is 5.43 Å². The summed E-state index contributed by atoms with van der Waals surface area (Å²) >= 11 is 0. The van der Waals surface area contributed by atoms with Gasteiger partial charge in [0.25, 0.3) is 5.91 Å². The number of methoxy groups -OCH3 is 1. The maximum absolute atomic E-state index is 13.4. The van der Waals surface area contributed by atoms with E-state index in [0.717, 1.165) is 12.1 Å². The summed E-state index contributed by atoms with van der Waals surface area (Å²) in [5, 5.41) is 2.54. The highest BCUT2D eigenvalue weighted by atomic mass is 19.1. The van der Waals surface area contributed by atoms with Crippen LogP contribution < -0.4 is 16.6 Å². The lowest BCUT2D eigenvalue weighted by Gasteiger charge is -2.13. The monoisotopic (exact) mass is 259 g/mol. The molecule has 0 spiro atoms. The molecule has 0 fully saturated rings. The average Bonchev–Trinajstić information content (AvgIpc) is 2.28. The van der Waals surface area contributed by atoms with Crippen molar-refractivity contribution in [1.82, 2.24) is 5.32 Å². The Bertz CT molecular complexity index is 417. The van der Waals surface area contributed by atoms with E-state index in [4.69, 9.17) is 10.6 Å². The molecule has 1 amide bonds. The molecule has 0 aromatic heterocycles. The van der Waals surface area contributed by atoms with E-state index in [9.17, 15) is 13.6 Å². The van der Waals surface area contributed by atoms with Gasteiger partial charge in [-0.15, -0.1) is 0 Å². The Balaban J connectivity index is 2.87. The lowest BCUT2D eigenvalue weighted by molar-refractivity contribution is 0.0904. The summed E-state index contributed by atoms with van der Waals surface area (Å²) in [6, 6.07) is 1.56. The molecular weight excluding hydrogens is 244 g/mol. The predicted octanol–water partition coefficient (Wildman–Crippen LogP) is 1.02. The van der Waals surface area contributed by atoms with Crippen molar-refractivity contribution in [3.63, 3.8) is 0 Å². The van der Waals surface area contributed by atoms with Gasteiger partial charge in [-0.3, -0.25) is 10.6 Å². The molecule has 100 valence electrons. The first kappa shape index (κ1) is 14.3. The number of benzene rings is 1. The number of amides is 1. The van der Waals surface area contributed by atoms with Crippen molar-refractivity contribution >= 4 is 11.6 Å². The number of nitrogen functional groups attached to an aromatic ring is 1. The van der Waals surface area contributed by atoms with Gasteiger partial charge in [-0.2, -0.15) is 0 Å². The number of hydrogen-bond donors (Lipinski definition) is 3. The van der Waals surface area contributed by atoms with Crippen LogP contribution in [0.25, 0.3) is 0 Å². The van der Waals surface area contributed by atoms with Crippen molar-refractivity contribution in [3.05, 3.63) is 29.3 Å². The Morgan fingerprint density at radius 3 is 2.44 bits per heavy atom. The number of rotatable bonds is 5. The van der Waals surface area contributed by atoms with Gasteiger partial charge in [-0.05, 0) is 19.1 Å². The molecule has 4 N–H and O–H groups in total. The molecule has 0 aliphatic rings. The average molecular weight is 259 g/mol. The van der Waals surface area contributed by atoms with Crippen LogP contribution in [0.3, 0.4) is 0 Å². The zero-order valence-electron chi connectivity index (χ0n) is 10.1. The largest absolute Gasteiger partial charge is 0.383 e. The molecule has 0 saturated carbocycles. The Morgan fingerprint density at radius 2 is 2.00 bits per heavy atom. The Morgan fingerprint density at radius 1 is 1.44 bits per heavy atom. The maximum atomic E-state index is 13.4. The normalized spacial score (nSPS) is 12.1. The van der Waals surface area contributed by atoms with E-state index in [1.165, 1.54) is 7.11 Å². The van der Waals surface area contributed by atoms with Gasteiger partial charge >= 0.3 is 0 Å². The number of nitrogens with two attached hydrogens (primary N) is 1. The van der Waals surface area contributed by atoms with Crippen LogP contribution in [-0.4, -0.2) is 25.7 Å². The van der Waals surface area contributed by atoms with E-state index in [2.05, 4.69) is 5.32 Å². The fourth-order valence-electron chi connectivity index (χ4n) is 1.44. The summed E-state index contributed by atoms with van der Waals surface area (Å²) in [4.78, 5) is 11.7. The SMILES string of the molecule is COCC(C)NC(=O)c1cc(F)c(NN)c(F)c1. The highest BCUT2D eigenvalue weighted by Gasteiger charge is 2.15. The molecule has 1 unspecified atom stereocenters. The smallest absolute Gasteiger partial charge is 0.251 e. The third-order valence-corrected chi connectivity index (χ3v) is 2.24. The van der Waals surface area contributed by atoms with Crippen molar-refractivity contribution in [2.24, 2.45) is 5.84 Å². The van der Waals surface area contributed by atoms with E-state index in [1.54, 1.807) is 6.92 Å². The lowest BCUT2D eigenvalue weighted by Crippen LogP contribution is -2.35. The Hall–Kier alpha value is -1.73. The third kappa shape index (κ3) is 3.38. The molecule has 0 bridgehead atoms. The van der Waals surface area contributed by atoms with Gasteiger partial charge in [0.15, 0.2) is 11.6 Å². The molecule has 0 aliphatic carbocycles. The fraction of sp³-hybridized carbons (Fsp3) is 0.364. The Kier molecular flexibility index (Phi) is 4.99. The minimum absolute atomic E-state index is 0.119. The number of nitrogens with one attached hydrogen (secondary N) is 2. The van der Waals surface area contributed by atoms with Crippen LogP contribution in [-0.2, 0) is 4.74 Å². The Labute approximate surface area is 103 Å². The van der Waals surface area contributed by atoms with Crippen LogP contribution in [0, 0.1) is 11.6 Å². The molecule has 1 atom stereocenters. The standard InChI is InChI=1S/C11H15F2N3O2/c1-6(5-18-2)15-11(17)7-3-8(12)10(16-14)9(13)4-7/h3-4,6,16H,5,14H2,1-2H3,(H,15,17). The number of carbonyl (C=O) groups excluding carboxylic acids is 1. The summed E-state index contributed by atoms with van der Waals surface area (Å²) in [7, 11) is 1.49. The lowest BCUT2D eigenvalue weighted by atomic mass is 10.1. The topological polar surface area (TPSA) is 76.4 Å². The summed E-state index contributed by atoms with van der Waals surface area (Å²) in [5.41, 5.74) is 1.30. The summed E-state index contributed by atoms with van der Waals surface area (Å²) in [6.07, 6.45) is 0. The van der Waals surface area contributed by atoms with Crippen molar-refractivity contribution in [1.29, 1.82) is 0 Å². The molecule has 0 saturated heterocycles. The highest BCUT2D eigenvalue weighted by molar-refractivity contribution is 5.94. The van der Waals surface area contributed by atoms with Crippen LogP contribution in [0.15, 0.2) is 12.1 Å². The van der Waals surface area contributed by atoms with Crippen LogP contribution in [0.5, 0.6) is 0 Å². The highest BCUT2D eigenvalue weighted by Crippen LogP contribution is 2.19. The van der Waals surface area contributed by atoms with E-state index >= 15 is 0 Å². The molecule has 0 heterocycles. The molecule has 1 aromatic rings. The molecule has 0 radical (unpaired) electrons. The second-order valence-electron chi connectivity index (χ2n) is 3.79. The van der Waals surface area contributed by atoms with Gasteiger partial charge < -0.3 is 15.5 Å². The minimum atomic E-state index is -0.929. The van der Waals surface area contributed by atoms with E-state index < -0.39 is 23.2 Å². The molecule has 18 heavy (non-hydrogen) atoms. The minimum Gasteiger partial charge on any atom is -0.383 e. The molecule has 1 aromatic carbocycles. The van der Waals surface area contributed by atoms with Crippen LogP contribution in [0.1, 0.15) is 17.3 Å². The molecule has 0 aliphatic heterocycles. The van der Waals surface area contributed by atoms with E-state index in [-0.39, 0.29) is 11.6 Å². The third-order valence-electron chi connectivity index (χ3n) is 2.24. The number of hydrazine groups is 1. The van der Waals surface area contributed by atoms with Gasteiger partial charge in [0.05, 0.1) is 6.61 Å². The summed E-state index contributed by atoms with van der Waals surface area (Å²) in [5.74, 6) is 2.51. The van der Waals surface area contributed by atoms with Gasteiger partial charge in [0.1, 0.15) is 5.69 Å². The quantitative estimate of drug-likeness (QED) is 0.545. The number of anilines is 1. The van der Waals surface area contributed by atoms with Gasteiger partial charge in [0, 0.05) is 18.7 Å². The number of ether oxygens (including phenoxy) is 1. The van der Waals surface area contributed by atoms with Gasteiger partial charge in [-0.25, -0.2) is 8.78 Å². The summed E-state index contributed by atoms with van der Waals surface area (Å²) in [6.45, 7) is 2.02. The second kappa shape index (κ2) is 6.27. The van der Waals surface area contributed by atoms with Gasteiger partial charge in [0.2, 0.25) is 0 Å². The maximum Gasteiger partial charge on any atom is 0.251 e. The second-order valence-corrected chi connectivity index (χ2v) is 3.79. The van der Waals surface area contributed by atoms with Crippen LogP contribution >= 0.6 is 0 Å². The zero-order chi connectivity index (χ0) is 13.7. The number of carbonyl (C=O) groups is 1. The van der Waals surface area contributed by atoms with Crippen molar-refractivity contribution in [2.75, 3.05) is 19.1 Å². The first-order valence-electron chi connectivity index (χ1n) is 5.25. The first-order chi connectivity index (χ1) is 8.49.